The Kier molecular flexibility index (Phi) is 6.26. The number of amidine groups is 1. The highest BCUT2D eigenvalue weighted by molar-refractivity contribution is 6.02. The van der Waals surface area contributed by atoms with Crippen molar-refractivity contribution in [2.45, 2.75) is 13.5 Å². The van der Waals surface area contributed by atoms with Crippen LogP contribution in [0, 0.1) is 0 Å². The molecular weight excluding hydrogens is 436 g/mol. The standard InChI is InChI=1S/C25H22N4O5/c1-2-34-24-27-20-9-5-8-19(23(30)31)21(20)29(24)14-15-10-12-16(13-11-15)17-6-3-4-7-18(17)22(26)28-25(32)33/h3-13H,2,14H2,1H3,(H2,26,28)(H,30,31)(H,32,33)/p+1. The van der Waals surface area contributed by atoms with E-state index in [4.69, 9.17) is 15.6 Å². The molecule has 0 atom stereocenters. The zero-order valence-corrected chi connectivity index (χ0v) is 18.4. The largest absolute Gasteiger partial charge is 0.502 e. The molecule has 0 saturated heterocycles. The number of nitrogens with one attached hydrogen (secondary N) is 1. The number of hydrogen-bond acceptors (Lipinski definition) is 4. The number of aromatic nitrogens is 2. The summed E-state index contributed by atoms with van der Waals surface area (Å²) in [5.41, 5.74) is 10.2. The lowest BCUT2D eigenvalue weighted by Crippen LogP contribution is -2.79. The summed E-state index contributed by atoms with van der Waals surface area (Å²) >= 11 is 0. The van der Waals surface area contributed by atoms with Crippen molar-refractivity contribution in [2.75, 3.05) is 6.61 Å². The second kappa shape index (κ2) is 9.45. The number of rotatable bonds is 7. The van der Waals surface area contributed by atoms with Crippen LogP contribution in [0.15, 0.2) is 66.7 Å². The van der Waals surface area contributed by atoms with Crippen LogP contribution in [0.3, 0.4) is 0 Å². The number of carbonyl (C=O) groups is 2. The van der Waals surface area contributed by atoms with Gasteiger partial charge >= 0.3 is 12.1 Å². The van der Waals surface area contributed by atoms with Gasteiger partial charge in [-0.3, -0.25) is 10.3 Å². The van der Waals surface area contributed by atoms with Crippen LogP contribution >= 0.6 is 0 Å². The van der Waals surface area contributed by atoms with Crippen molar-refractivity contribution in [3.63, 3.8) is 0 Å². The number of fused-ring (bicyclic) bond motifs is 1. The van der Waals surface area contributed by atoms with E-state index in [1.807, 2.05) is 43.3 Å². The van der Waals surface area contributed by atoms with Gasteiger partial charge in [-0.05, 0) is 41.8 Å². The second-order valence-corrected chi connectivity index (χ2v) is 7.48. The Morgan fingerprint density at radius 3 is 2.38 bits per heavy atom. The third-order valence-electron chi connectivity index (χ3n) is 5.30. The number of imidazole rings is 1. The number of carboxylic acid groups (broad SMARTS) is 2. The van der Waals surface area contributed by atoms with E-state index >= 15 is 0 Å². The zero-order chi connectivity index (χ0) is 24.2. The Morgan fingerprint density at radius 1 is 1.00 bits per heavy atom. The van der Waals surface area contributed by atoms with Gasteiger partial charge in [0.2, 0.25) is 0 Å². The van der Waals surface area contributed by atoms with E-state index in [0.29, 0.717) is 35.8 Å². The van der Waals surface area contributed by atoms with Crippen molar-refractivity contribution >= 4 is 28.9 Å². The molecule has 0 spiro atoms. The molecule has 0 aliphatic rings. The summed E-state index contributed by atoms with van der Waals surface area (Å²) in [6.45, 7) is 2.59. The summed E-state index contributed by atoms with van der Waals surface area (Å²) in [7, 11) is 0. The quantitative estimate of drug-likeness (QED) is 0.245. The van der Waals surface area contributed by atoms with Gasteiger partial charge in [0.05, 0.1) is 35.3 Å². The summed E-state index contributed by atoms with van der Waals surface area (Å²) in [6, 6.07) is 20.2. The van der Waals surface area contributed by atoms with Crippen LogP contribution in [0.5, 0.6) is 6.01 Å². The fourth-order valence-corrected chi connectivity index (χ4v) is 3.85. The van der Waals surface area contributed by atoms with Crippen molar-refractivity contribution in [1.29, 1.82) is 0 Å². The average Bonchev–Trinajstić information content (AvgIpc) is 3.16. The van der Waals surface area contributed by atoms with Crippen LogP contribution < -0.4 is 15.5 Å². The normalized spacial score (nSPS) is 11.5. The van der Waals surface area contributed by atoms with E-state index in [2.05, 4.69) is 9.98 Å². The molecule has 0 saturated carbocycles. The molecule has 0 unspecified atom stereocenters. The molecular formula is C25H23N4O5+. The van der Waals surface area contributed by atoms with Crippen LogP contribution in [-0.4, -0.2) is 44.3 Å². The van der Waals surface area contributed by atoms with Gasteiger partial charge < -0.3 is 14.9 Å². The molecule has 4 aromatic rings. The molecule has 0 fully saturated rings. The third kappa shape index (κ3) is 4.44. The fourth-order valence-electron chi connectivity index (χ4n) is 3.85. The molecule has 172 valence electrons. The van der Waals surface area contributed by atoms with Crippen molar-refractivity contribution in [3.05, 3.63) is 83.4 Å². The van der Waals surface area contributed by atoms with Gasteiger partial charge in [0.1, 0.15) is 0 Å². The lowest BCUT2D eigenvalue weighted by atomic mass is 9.98. The number of amides is 1. The molecule has 9 nitrogen and oxygen atoms in total. The van der Waals surface area contributed by atoms with E-state index in [0.717, 1.165) is 16.7 Å². The Bertz CT molecular complexity index is 1410. The van der Waals surface area contributed by atoms with E-state index in [1.165, 1.54) is 0 Å². The number of aromatic carboxylic acids is 1. The highest BCUT2D eigenvalue weighted by Crippen LogP contribution is 2.28. The Morgan fingerprint density at radius 2 is 1.71 bits per heavy atom. The summed E-state index contributed by atoms with van der Waals surface area (Å²) in [6.07, 6.45) is -1.24. The summed E-state index contributed by atoms with van der Waals surface area (Å²) in [4.78, 5) is 29.5. The number of hydrogen-bond donors (Lipinski definition) is 4. The lowest BCUT2D eigenvalue weighted by molar-refractivity contribution is -0.364. The number of nitrogens with two attached hydrogens (primary N) is 1. The van der Waals surface area contributed by atoms with Crippen LogP contribution in [0.25, 0.3) is 22.2 Å². The van der Waals surface area contributed by atoms with Gasteiger partial charge in [0, 0.05) is 0 Å². The smallest absolute Gasteiger partial charge is 0.478 e. The average molecular weight is 459 g/mol. The first-order valence-corrected chi connectivity index (χ1v) is 10.6. The van der Waals surface area contributed by atoms with Crippen LogP contribution in [-0.2, 0) is 6.54 Å². The molecule has 0 aliphatic carbocycles. The molecule has 34 heavy (non-hydrogen) atoms. The van der Waals surface area contributed by atoms with Crippen LogP contribution in [0.4, 0.5) is 4.79 Å². The molecule has 1 heterocycles. The SMILES string of the molecule is CCOc1nc2cccc(C(=O)O)c2n1Cc1ccc(-c2ccccc2/C(N)=[NH+]/C(=O)O)cc1. The highest BCUT2D eigenvalue weighted by Gasteiger charge is 2.19. The van der Waals surface area contributed by atoms with Crippen molar-refractivity contribution in [2.24, 2.45) is 5.73 Å². The Balaban J connectivity index is 1.72. The van der Waals surface area contributed by atoms with Gasteiger partial charge in [0.25, 0.3) is 11.8 Å². The predicted molar refractivity (Wildman–Crippen MR) is 126 cm³/mol. The minimum atomic E-state index is -1.24. The number of benzene rings is 3. The minimum Gasteiger partial charge on any atom is -0.478 e. The zero-order valence-electron chi connectivity index (χ0n) is 18.4. The molecule has 0 bridgehead atoms. The number of para-hydroxylation sites is 1. The first-order chi connectivity index (χ1) is 16.4. The predicted octanol–water partition coefficient (Wildman–Crippen LogP) is 2.31. The molecule has 4 rings (SSSR count). The maximum atomic E-state index is 11.8. The van der Waals surface area contributed by atoms with Gasteiger partial charge in [-0.15, -0.1) is 0 Å². The van der Waals surface area contributed by atoms with Crippen molar-refractivity contribution in [3.8, 4) is 17.1 Å². The molecule has 3 aromatic carbocycles. The minimum absolute atomic E-state index is 0.0413. The maximum Gasteiger partial charge on any atom is 0.502 e. The van der Waals surface area contributed by atoms with E-state index in [9.17, 15) is 14.7 Å². The van der Waals surface area contributed by atoms with E-state index in [-0.39, 0.29) is 11.4 Å². The van der Waals surface area contributed by atoms with Crippen LogP contribution in [0.1, 0.15) is 28.4 Å². The van der Waals surface area contributed by atoms with Crippen molar-refractivity contribution < 1.29 is 29.5 Å². The number of nitrogen functional groups attached to an aromatic ring is 1. The molecule has 5 N–H and O–H groups in total. The van der Waals surface area contributed by atoms with Gasteiger partial charge in [-0.1, -0.05) is 48.5 Å². The highest BCUT2D eigenvalue weighted by atomic mass is 16.5. The Hall–Kier alpha value is -4.66. The van der Waals surface area contributed by atoms with Crippen LogP contribution in [0.2, 0.25) is 0 Å². The number of carboxylic acids is 1. The Labute approximate surface area is 194 Å². The monoisotopic (exact) mass is 459 g/mol. The summed E-state index contributed by atoms with van der Waals surface area (Å²) in [5, 5.41) is 18.7. The van der Waals surface area contributed by atoms with E-state index in [1.54, 1.807) is 34.9 Å². The summed E-state index contributed by atoms with van der Waals surface area (Å²) < 4.78 is 7.44. The van der Waals surface area contributed by atoms with Gasteiger partial charge in [-0.25, -0.2) is 4.79 Å². The number of ether oxygens (including phenoxy) is 1. The molecule has 0 aliphatic heterocycles. The maximum absolute atomic E-state index is 11.8. The first-order valence-electron chi connectivity index (χ1n) is 10.6. The molecule has 1 amide bonds. The number of nitrogens with zero attached hydrogens (tertiary/aromatic N) is 2. The summed E-state index contributed by atoms with van der Waals surface area (Å²) in [5.74, 6) is -0.995. The second-order valence-electron chi connectivity index (χ2n) is 7.48. The van der Waals surface area contributed by atoms with Gasteiger partial charge in [0.15, 0.2) is 0 Å². The molecule has 0 radical (unpaired) electrons. The lowest BCUT2D eigenvalue weighted by Gasteiger charge is -2.12. The van der Waals surface area contributed by atoms with Crippen molar-refractivity contribution in [1.82, 2.24) is 9.55 Å². The van der Waals surface area contributed by atoms with Gasteiger partial charge in [-0.2, -0.15) is 14.8 Å². The topological polar surface area (TPSA) is 142 Å². The molecule has 1 aromatic heterocycles. The fraction of sp³-hybridized carbons (Fsp3) is 0.120. The molecule has 9 heteroatoms. The first kappa shape index (κ1) is 22.5. The van der Waals surface area contributed by atoms with E-state index < -0.39 is 12.1 Å². The third-order valence-corrected chi connectivity index (χ3v) is 5.30.